The Kier molecular flexibility index (Phi) is 8.45. The molecule has 9 heteroatoms. The minimum absolute atomic E-state index is 0.0137. The number of likely N-dealkylation sites (N-methyl/N-ethyl adjacent to an activating group) is 1. The fourth-order valence-corrected chi connectivity index (χ4v) is 4.13. The Bertz CT molecular complexity index is 1090. The smallest absolute Gasteiger partial charge is 0.257 e. The summed E-state index contributed by atoms with van der Waals surface area (Å²) in [5.41, 5.74) is 0.732. The van der Waals surface area contributed by atoms with E-state index in [-0.39, 0.29) is 54.7 Å². The predicted octanol–water partition coefficient (Wildman–Crippen LogP) is 3.43. The summed E-state index contributed by atoms with van der Waals surface area (Å²) in [6, 6.07) is 10.3. The van der Waals surface area contributed by atoms with Gasteiger partial charge in [-0.1, -0.05) is 19.1 Å². The van der Waals surface area contributed by atoms with Crippen LogP contribution in [0.4, 0.5) is 10.1 Å². The third kappa shape index (κ3) is 6.16. The molecule has 3 atom stereocenters. The topological polar surface area (TPSA) is 88.2 Å². The lowest BCUT2D eigenvalue weighted by molar-refractivity contribution is -0.114. The van der Waals surface area contributed by atoms with Crippen molar-refractivity contribution >= 4 is 23.4 Å². The fraction of sp³-hybridized carbons (Fsp3) is 0.423. The van der Waals surface area contributed by atoms with Gasteiger partial charge in [-0.2, -0.15) is 0 Å². The van der Waals surface area contributed by atoms with Gasteiger partial charge >= 0.3 is 0 Å². The molecule has 1 aliphatic heterocycles. The largest absolute Gasteiger partial charge is 0.491 e. The highest BCUT2D eigenvalue weighted by Gasteiger charge is 2.31. The van der Waals surface area contributed by atoms with Crippen LogP contribution >= 0.6 is 0 Å². The summed E-state index contributed by atoms with van der Waals surface area (Å²) < 4.78 is 26.1. The zero-order valence-electron chi connectivity index (χ0n) is 20.7. The van der Waals surface area contributed by atoms with Crippen LogP contribution in [-0.4, -0.2) is 73.5 Å². The Morgan fingerprint density at radius 1 is 1.14 bits per heavy atom. The number of nitrogens with zero attached hydrogens (tertiary/aromatic N) is 2. The van der Waals surface area contributed by atoms with Crippen molar-refractivity contribution in [2.75, 3.05) is 39.2 Å². The molecule has 35 heavy (non-hydrogen) atoms. The molecule has 0 aliphatic carbocycles. The second-order valence-corrected chi connectivity index (χ2v) is 8.93. The highest BCUT2D eigenvalue weighted by molar-refractivity contribution is 5.99. The third-order valence-electron chi connectivity index (χ3n) is 6.13. The summed E-state index contributed by atoms with van der Waals surface area (Å²) in [6.45, 7) is 5.75. The minimum atomic E-state index is -0.589. The van der Waals surface area contributed by atoms with Crippen molar-refractivity contribution in [3.63, 3.8) is 0 Å². The molecule has 188 valence electrons. The van der Waals surface area contributed by atoms with E-state index in [1.165, 1.54) is 30.0 Å². The van der Waals surface area contributed by atoms with E-state index in [1.807, 2.05) is 13.8 Å². The molecular formula is C26H32FN3O5. The van der Waals surface area contributed by atoms with Gasteiger partial charge in [-0.3, -0.25) is 14.4 Å². The van der Waals surface area contributed by atoms with Gasteiger partial charge in [-0.15, -0.1) is 0 Å². The number of hydrogen-bond acceptors (Lipinski definition) is 5. The van der Waals surface area contributed by atoms with Crippen LogP contribution in [-0.2, 0) is 9.53 Å². The monoisotopic (exact) mass is 485 g/mol. The molecule has 0 bridgehead atoms. The highest BCUT2D eigenvalue weighted by atomic mass is 19.1. The Labute approximate surface area is 205 Å². The first-order chi connectivity index (χ1) is 16.6. The molecule has 3 amide bonds. The van der Waals surface area contributed by atoms with Crippen molar-refractivity contribution < 1.29 is 28.2 Å². The molecule has 3 rings (SSSR count). The molecule has 0 saturated heterocycles. The van der Waals surface area contributed by atoms with Gasteiger partial charge < -0.3 is 24.6 Å². The molecule has 2 aromatic carbocycles. The average molecular weight is 486 g/mol. The lowest BCUT2D eigenvalue weighted by Crippen LogP contribution is -2.48. The van der Waals surface area contributed by atoms with E-state index >= 15 is 0 Å². The first-order valence-corrected chi connectivity index (χ1v) is 11.5. The maximum absolute atomic E-state index is 14.4. The molecule has 1 N–H and O–H groups in total. The number of rotatable bonds is 3. The molecule has 0 fully saturated rings. The fourth-order valence-electron chi connectivity index (χ4n) is 4.13. The molecule has 1 heterocycles. The quantitative estimate of drug-likeness (QED) is 0.720. The molecule has 2 aromatic rings. The summed E-state index contributed by atoms with van der Waals surface area (Å²) in [4.78, 5) is 41.3. The van der Waals surface area contributed by atoms with Gasteiger partial charge in [0, 0.05) is 45.8 Å². The van der Waals surface area contributed by atoms with Gasteiger partial charge in [0.25, 0.3) is 11.8 Å². The molecule has 0 saturated carbocycles. The van der Waals surface area contributed by atoms with Crippen molar-refractivity contribution in [1.82, 2.24) is 9.80 Å². The molecule has 0 aromatic heterocycles. The number of halogens is 1. The summed E-state index contributed by atoms with van der Waals surface area (Å²) in [5, 5.41) is 2.68. The number of benzene rings is 2. The minimum Gasteiger partial charge on any atom is -0.491 e. The van der Waals surface area contributed by atoms with Gasteiger partial charge in [0.05, 0.1) is 23.3 Å². The third-order valence-corrected chi connectivity index (χ3v) is 6.13. The van der Waals surface area contributed by atoms with E-state index in [1.54, 1.807) is 43.3 Å². The van der Waals surface area contributed by atoms with E-state index in [9.17, 15) is 18.8 Å². The molecule has 0 unspecified atom stereocenters. The number of carbonyl (C=O) groups is 3. The molecule has 0 radical (unpaired) electrons. The van der Waals surface area contributed by atoms with Crippen LogP contribution < -0.4 is 10.1 Å². The van der Waals surface area contributed by atoms with Crippen molar-refractivity contribution in [2.24, 2.45) is 5.92 Å². The molecular weight excluding hydrogens is 453 g/mol. The number of fused-ring (bicyclic) bond motifs is 1. The summed E-state index contributed by atoms with van der Waals surface area (Å²) in [7, 11) is 3.22. The van der Waals surface area contributed by atoms with Gasteiger partial charge in [0.2, 0.25) is 5.91 Å². The van der Waals surface area contributed by atoms with E-state index < -0.39 is 17.8 Å². The second-order valence-electron chi connectivity index (χ2n) is 8.93. The Hall–Kier alpha value is -3.46. The number of amides is 3. The Morgan fingerprint density at radius 2 is 1.86 bits per heavy atom. The number of anilines is 1. The van der Waals surface area contributed by atoms with Crippen LogP contribution in [0, 0.1) is 11.7 Å². The highest BCUT2D eigenvalue weighted by Crippen LogP contribution is 2.27. The lowest BCUT2D eigenvalue weighted by atomic mass is 10.0. The number of nitrogens with one attached hydrogen (secondary N) is 1. The van der Waals surface area contributed by atoms with Gasteiger partial charge in [-0.05, 0) is 37.3 Å². The van der Waals surface area contributed by atoms with Gasteiger partial charge in [-0.25, -0.2) is 4.39 Å². The zero-order valence-corrected chi connectivity index (χ0v) is 20.7. The molecule has 8 nitrogen and oxygen atoms in total. The van der Waals surface area contributed by atoms with Crippen LogP contribution in [0.5, 0.6) is 5.75 Å². The van der Waals surface area contributed by atoms with E-state index in [0.29, 0.717) is 11.4 Å². The van der Waals surface area contributed by atoms with E-state index in [2.05, 4.69) is 5.32 Å². The van der Waals surface area contributed by atoms with Crippen LogP contribution in [0.25, 0.3) is 0 Å². The maximum Gasteiger partial charge on any atom is 0.257 e. The SMILES string of the molecule is CO[C@H]1CN(C)C(=O)c2cc(NC(C)=O)ccc2OC[C@@H](C)N(C(=O)c2ccccc2F)C[C@@H]1C. The van der Waals surface area contributed by atoms with Crippen LogP contribution in [0.1, 0.15) is 41.5 Å². The van der Waals surface area contributed by atoms with Crippen LogP contribution in [0.3, 0.4) is 0 Å². The Morgan fingerprint density at radius 3 is 2.51 bits per heavy atom. The Balaban J connectivity index is 2.01. The molecule has 1 aliphatic rings. The first-order valence-electron chi connectivity index (χ1n) is 11.5. The average Bonchev–Trinajstić information content (AvgIpc) is 2.82. The summed E-state index contributed by atoms with van der Waals surface area (Å²) >= 11 is 0. The van der Waals surface area contributed by atoms with Crippen molar-refractivity contribution in [3.8, 4) is 5.75 Å². The van der Waals surface area contributed by atoms with Crippen LogP contribution in [0.2, 0.25) is 0 Å². The first kappa shape index (κ1) is 26.2. The lowest BCUT2D eigenvalue weighted by Gasteiger charge is -2.36. The van der Waals surface area contributed by atoms with Crippen LogP contribution in [0.15, 0.2) is 42.5 Å². The number of ether oxygens (including phenoxy) is 2. The molecule has 0 spiro atoms. The van der Waals surface area contributed by atoms with Gasteiger partial charge in [0.15, 0.2) is 0 Å². The number of methoxy groups -OCH3 is 1. The number of carbonyl (C=O) groups excluding carboxylic acids is 3. The summed E-state index contributed by atoms with van der Waals surface area (Å²) in [6.07, 6.45) is -0.380. The van der Waals surface area contributed by atoms with Crippen molar-refractivity contribution in [2.45, 2.75) is 32.9 Å². The van der Waals surface area contributed by atoms with Crippen molar-refractivity contribution in [1.29, 1.82) is 0 Å². The maximum atomic E-state index is 14.4. The zero-order chi connectivity index (χ0) is 25.7. The van der Waals surface area contributed by atoms with E-state index in [4.69, 9.17) is 9.47 Å². The van der Waals surface area contributed by atoms with Crippen molar-refractivity contribution in [3.05, 3.63) is 59.4 Å². The number of hydrogen-bond donors (Lipinski definition) is 1. The van der Waals surface area contributed by atoms with E-state index in [0.717, 1.165) is 0 Å². The second kappa shape index (κ2) is 11.3. The predicted molar refractivity (Wildman–Crippen MR) is 130 cm³/mol. The standard InChI is InChI=1S/C26H32FN3O5/c1-16-13-30(26(33)20-8-6-7-9-22(20)27)17(2)15-35-23-11-10-19(28-18(3)31)12-21(23)25(32)29(4)14-24(16)34-5/h6-12,16-17,24H,13-15H2,1-5H3,(H,28,31)/t16-,17+,24-/m0/s1. The summed E-state index contributed by atoms with van der Waals surface area (Å²) in [5.74, 6) is -1.42. The van der Waals surface area contributed by atoms with Gasteiger partial charge in [0.1, 0.15) is 18.2 Å². The normalized spacial score (nSPS) is 21.3.